The number of benzene rings is 2. The molecule has 1 atom stereocenters. The van der Waals surface area contributed by atoms with Gasteiger partial charge in [0, 0.05) is 32.4 Å². The number of fused-ring (bicyclic) bond motifs is 1. The van der Waals surface area contributed by atoms with Crippen LogP contribution in [0.4, 0.5) is 0 Å². The van der Waals surface area contributed by atoms with Gasteiger partial charge in [-0.1, -0.05) is 61.7 Å². The minimum absolute atomic E-state index is 0.0284. The molecular formula is C29H34N4O5. The molecule has 0 radical (unpaired) electrons. The Hall–Kier alpha value is -3.98. The van der Waals surface area contributed by atoms with Gasteiger partial charge in [-0.3, -0.25) is 14.5 Å². The normalized spacial score (nSPS) is 17.5. The zero-order valence-corrected chi connectivity index (χ0v) is 21.3. The SMILES string of the molecule is O=C(O)c1cccc(CNC(=O)c2cn3c(n2)C(c2ccccc2)N(CC2CCCCC2)CC3)c1.O=CO. The minimum atomic E-state index is -0.982. The van der Waals surface area contributed by atoms with Gasteiger partial charge in [-0.25, -0.2) is 9.78 Å². The van der Waals surface area contributed by atoms with Crippen LogP contribution in [-0.4, -0.2) is 56.1 Å². The fraction of sp³-hybridized carbons (Fsp3) is 0.379. The van der Waals surface area contributed by atoms with Gasteiger partial charge in [-0.05, 0) is 42.0 Å². The molecule has 1 amide bonds. The van der Waals surface area contributed by atoms with Crippen LogP contribution >= 0.6 is 0 Å². The molecule has 38 heavy (non-hydrogen) atoms. The highest BCUT2D eigenvalue weighted by atomic mass is 16.4. The van der Waals surface area contributed by atoms with E-state index in [4.69, 9.17) is 14.9 Å². The summed E-state index contributed by atoms with van der Waals surface area (Å²) in [5.41, 5.74) is 2.54. The Labute approximate surface area is 222 Å². The van der Waals surface area contributed by atoms with Crippen molar-refractivity contribution in [2.75, 3.05) is 13.1 Å². The molecule has 1 fully saturated rings. The highest BCUT2D eigenvalue weighted by molar-refractivity contribution is 5.92. The molecule has 5 rings (SSSR count). The summed E-state index contributed by atoms with van der Waals surface area (Å²) in [5, 5.41) is 19.0. The van der Waals surface area contributed by atoms with Crippen molar-refractivity contribution in [2.24, 2.45) is 5.92 Å². The molecule has 3 aromatic rings. The molecule has 0 bridgehead atoms. The number of hydrogen-bond acceptors (Lipinski definition) is 5. The van der Waals surface area contributed by atoms with E-state index in [1.165, 1.54) is 37.7 Å². The van der Waals surface area contributed by atoms with E-state index in [0.717, 1.165) is 36.9 Å². The number of carboxylic acids is 1. The molecule has 2 aromatic carbocycles. The van der Waals surface area contributed by atoms with Crippen LogP contribution in [0.25, 0.3) is 0 Å². The molecule has 200 valence electrons. The zero-order valence-electron chi connectivity index (χ0n) is 21.3. The molecule has 1 unspecified atom stereocenters. The first-order chi connectivity index (χ1) is 18.5. The highest BCUT2D eigenvalue weighted by Gasteiger charge is 2.33. The lowest BCUT2D eigenvalue weighted by Gasteiger charge is -2.39. The van der Waals surface area contributed by atoms with E-state index in [0.29, 0.717) is 5.69 Å². The third kappa shape index (κ3) is 6.66. The number of amides is 1. The van der Waals surface area contributed by atoms with E-state index in [1.807, 2.05) is 12.3 Å². The average molecular weight is 519 g/mol. The smallest absolute Gasteiger partial charge is 0.335 e. The quantitative estimate of drug-likeness (QED) is 0.401. The molecule has 9 nitrogen and oxygen atoms in total. The maximum absolute atomic E-state index is 13.0. The highest BCUT2D eigenvalue weighted by Crippen LogP contribution is 2.34. The van der Waals surface area contributed by atoms with Gasteiger partial charge in [0.15, 0.2) is 0 Å². The standard InChI is InChI=1S/C28H32N4O3.CH2O2/c33-27(29-17-21-10-7-13-23(16-21)28(34)35)24-19-32-15-14-31(18-20-8-3-1-4-9-20)25(26(32)30-24)22-11-5-2-6-12-22;2-1-3/h2,5-7,10-13,16,19-20,25H,1,3-4,8-9,14-15,17-18H2,(H,29,33)(H,34,35);1H,(H,2,3). The largest absolute Gasteiger partial charge is 0.483 e. The number of rotatable bonds is 7. The van der Waals surface area contributed by atoms with E-state index < -0.39 is 5.97 Å². The fourth-order valence-electron chi connectivity index (χ4n) is 5.45. The molecule has 1 aromatic heterocycles. The van der Waals surface area contributed by atoms with Gasteiger partial charge in [0.05, 0.1) is 11.6 Å². The van der Waals surface area contributed by atoms with Crippen LogP contribution in [-0.2, 0) is 17.9 Å². The number of aromatic carboxylic acids is 1. The third-order valence-corrected chi connectivity index (χ3v) is 7.24. The van der Waals surface area contributed by atoms with Crippen LogP contribution in [0.5, 0.6) is 0 Å². The summed E-state index contributed by atoms with van der Waals surface area (Å²) < 4.78 is 2.12. The number of aromatic nitrogens is 2. The van der Waals surface area contributed by atoms with Crippen LogP contribution in [0, 0.1) is 5.92 Å². The summed E-state index contributed by atoms with van der Waals surface area (Å²) in [6.45, 7) is 2.81. The van der Waals surface area contributed by atoms with E-state index in [1.54, 1.807) is 24.3 Å². The Morgan fingerprint density at radius 1 is 1.03 bits per heavy atom. The van der Waals surface area contributed by atoms with Crippen molar-refractivity contribution in [3.8, 4) is 0 Å². The van der Waals surface area contributed by atoms with Crippen molar-refractivity contribution < 1.29 is 24.6 Å². The van der Waals surface area contributed by atoms with Gasteiger partial charge in [-0.15, -0.1) is 0 Å². The van der Waals surface area contributed by atoms with Crippen LogP contribution in [0.2, 0.25) is 0 Å². The summed E-state index contributed by atoms with van der Waals surface area (Å²) in [7, 11) is 0. The van der Waals surface area contributed by atoms with Crippen LogP contribution in [0.3, 0.4) is 0 Å². The lowest BCUT2D eigenvalue weighted by atomic mass is 9.88. The monoisotopic (exact) mass is 518 g/mol. The first-order valence-corrected chi connectivity index (χ1v) is 13.0. The summed E-state index contributed by atoms with van der Waals surface area (Å²) >= 11 is 0. The molecule has 2 aliphatic rings. The number of carboxylic acid groups (broad SMARTS) is 2. The Bertz CT molecular complexity index is 1240. The Kier molecular flexibility index (Phi) is 9.26. The molecule has 0 saturated heterocycles. The van der Waals surface area contributed by atoms with Gasteiger partial charge in [0.1, 0.15) is 11.5 Å². The van der Waals surface area contributed by atoms with Crippen molar-refractivity contribution in [3.63, 3.8) is 0 Å². The first kappa shape index (κ1) is 27.1. The molecular weight excluding hydrogens is 484 g/mol. The molecule has 9 heteroatoms. The maximum Gasteiger partial charge on any atom is 0.335 e. The zero-order chi connectivity index (χ0) is 26.9. The predicted octanol–water partition coefficient (Wildman–Crippen LogP) is 4.20. The number of carbonyl (C=O) groups is 3. The van der Waals surface area contributed by atoms with Crippen molar-refractivity contribution in [2.45, 2.75) is 51.2 Å². The molecule has 1 saturated carbocycles. The van der Waals surface area contributed by atoms with Crippen LogP contribution in [0.1, 0.15) is 75.9 Å². The summed E-state index contributed by atoms with van der Waals surface area (Å²) in [5.74, 6) is 0.403. The Balaban J connectivity index is 0.00000107. The van der Waals surface area contributed by atoms with Crippen molar-refractivity contribution >= 4 is 18.3 Å². The lowest BCUT2D eigenvalue weighted by molar-refractivity contribution is -0.122. The van der Waals surface area contributed by atoms with Gasteiger partial charge >= 0.3 is 5.97 Å². The molecule has 0 spiro atoms. The number of nitrogens with zero attached hydrogens (tertiary/aromatic N) is 3. The topological polar surface area (TPSA) is 125 Å². The maximum atomic E-state index is 13.0. The molecule has 2 heterocycles. The second kappa shape index (κ2) is 13.0. The Morgan fingerprint density at radius 2 is 1.76 bits per heavy atom. The predicted molar refractivity (Wildman–Crippen MR) is 142 cm³/mol. The number of nitrogens with one attached hydrogen (secondary N) is 1. The third-order valence-electron chi connectivity index (χ3n) is 7.24. The van der Waals surface area contributed by atoms with Gasteiger partial charge in [-0.2, -0.15) is 0 Å². The second-order valence-corrected chi connectivity index (χ2v) is 9.78. The van der Waals surface area contributed by atoms with E-state index in [2.05, 4.69) is 39.0 Å². The van der Waals surface area contributed by atoms with Gasteiger partial charge in [0.2, 0.25) is 0 Å². The fourth-order valence-corrected chi connectivity index (χ4v) is 5.45. The summed E-state index contributed by atoms with van der Waals surface area (Å²) in [4.78, 5) is 39.9. The first-order valence-electron chi connectivity index (χ1n) is 13.0. The van der Waals surface area contributed by atoms with Crippen molar-refractivity contribution in [1.29, 1.82) is 0 Å². The van der Waals surface area contributed by atoms with Gasteiger partial charge < -0.3 is 20.1 Å². The number of hydrogen-bond donors (Lipinski definition) is 3. The molecule has 1 aliphatic heterocycles. The van der Waals surface area contributed by atoms with E-state index in [-0.39, 0.29) is 30.5 Å². The molecule has 3 N–H and O–H groups in total. The summed E-state index contributed by atoms with van der Waals surface area (Å²) in [6.07, 6.45) is 8.44. The van der Waals surface area contributed by atoms with Gasteiger partial charge in [0.25, 0.3) is 12.4 Å². The Morgan fingerprint density at radius 3 is 2.47 bits per heavy atom. The number of imidazole rings is 1. The molecule has 1 aliphatic carbocycles. The number of carbonyl (C=O) groups excluding carboxylic acids is 1. The average Bonchev–Trinajstić information content (AvgIpc) is 3.38. The van der Waals surface area contributed by atoms with Crippen molar-refractivity contribution in [3.05, 3.63) is 89.0 Å². The summed E-state index contributed by atoms with van der Waals surface area (Å²) in [6, 6.07) is 17.1. The van der Waals surface area contributed by atoms with E-state index in [9.17, 15) is 14.7 Å². The lowest BCUT2D eigenvalue weighted by Crippen LogP contribution is -2.41. The second-order valence-electron chi connectivity index (χ2n) is 9.78. The van der Waals surface area contributed by atoms with Crippen LogP contribution < -0.4 is 5.32 Å². The van der Waals surface area contributed by atoms with E-state index >= 15 is 0 Å². The minimum Gasteiger partial charge on any atom is -0.483 e. The van der Waals surface area contributed by atoms with Crippen LogP contribution in [0.15, 0.2) is 60.8 Å². The van der Waals surface area contributed by atoms with Crippen molar-refractivity contribution in [1.82, 2.24) is 19.8 Å².